The minimum Gasteiger partial charge on any atom is -0.398 e. The van der Waals surface area contributed by atoms with Gasteiger partial charge in [0.15, 0.2) is 0 Å². The van der Waals surface area contributed by atoms with E-state index in [-0.39, 0.29) is 11.9 Å². The van der Waals surface area contributed by atoms with Crippen LogP contribution >= 0.6 is 11.3 Å². The molecule has 5 heteroatoms. The number of hydrogen-bond acceptors (Lipinski definition) is 4. The zero-order valence-corrected chi connectivity index (χ0v) is 11.1. The van der Waals surface area contributed by atoms with Gasteiger partial charge < -0.3 is 11.1 Å². The molecule has 94 valence electrons. The highest BCUT2D eigenvalue weighted by atomic mass is 32.1. The molecule has 0 spiro atoms. The Kier molecular flexibility index (Phi) is 3.62. The number of aromatic nitrogens is 1. The van der Waals surface area contributed by atoms with Crippen molar-refractivity contribution in [2.75, 3.05) is 5.73 Å². The van der Waals surface area contributed by atoms with E-state index in [4.69, 9.17) is 5.73 Å². The van der Waals surface area contributed by atoms with Gasteiger partial charge in [-0.25, -0.2) is 4.98 Å². The number of aryl methyl sites for hydroxylation is 1. The molecule has 2 aromatic rings. The lowest BCUT2D eigenvalue weighted by atomic mass is 10.1. The van der Waals surface area contributed by atoms with Crippen molar-refractivity contribution in [1.29, 1.82) is 0 Å². The van der Waals surface area contributed by atoms with E-state index in [1.807, 2.05) is 31.4 Å². The minimum absolute atomic E-state index is 0.114. The summed E-state index contributed by atoms with van der Waals surface area (Å²) in [7, 11) is 0. The predicted molar refractivity (Wildman–Crippen MR) is 73.6 cm³/mol. The summed E-state index contributed by atoms with van der Waals surface area (Å²) in [5.74, 6) is -0.168. The first kappa shape index (κ1) is 12.6. The summed E-state index contributed by atoms with van der Waals surface area (Å²) < 4.78 is 0. The molecule has 1 atom stereocenters. The highest BCUT2D eigenvalue weighted by Crippen LogP contribution is 2.19. The summed E-state index contributed by atoms with van der Waals surface area (Å²) in [5.41, 5.74) is 7.85. The van der Waals surface area contributed by atoms with E-state index in [2.05, 4.69) is 10.3 Å². The van der Waals surface area contributed by atoms with E-state index in [1.165, 1.54) is 11.3 Å². The number of hydrogen-bond donors (Lipinski definition) is 2. The number of carbonyl (C=O) groups excluding carboxylic acids is 1. The van der Waals surface area contributed by atoms with E-state index >= 15 is 0 Å². The van der Waals surface area contributed by atoms with Crippen molar-refractivity contribution in [3.63, 3.8) is 0 Å². The summed E-state index contributed by atoms with van der Waals surface area (Å²) in [6, 6.07) is 5.33. The number of thiazole rings is 1. The zero-order valence-electron chi connectivity index (χ0n) is 10.3. The van der Waals surface area contributed by atoms with Crippen molar-refractivity contribution in [2.45, 2.75) is 19.9 Å². The maximum atomic E-state index is 12.1. The Hall–Kier alpha value is -1.88. The van der Waals surface area contributed by atoms with E-state index < -0.39 is 0 Å². The molecule has 1 aromatic heterocycles. The number of nitrogen functional groups attached to an aromatic ring is 1. The van der Waals surface area contributed by atoms with Crippen LogP contribution in [0.4, 0.5) is 5.69 Å². The van der Waals surface area contributed by atoms with Crippen molar-refractivity contribution in [1.82, 2.24) is 10.3 Å². The Balaban J connectivity index is 2.15. The molecule has 0 aliphatic rings. The van der Waals surface area contributed by atoms with Gasteiger partial charge in [-0.2, -0.15) is 0 Å². The van der Waals surface area contributed by atoms with Gasteiger partial charge in [-0.1, -0.05) is 12.1 Å². The average Bonchev–Trinajstić information content (AvgIpc) is 2.86. The van der Waals surface area contributed by atoms with Gasteiger partial charge in [-0.15, -0.1) is 11.3 Å². The minimum atomic E-state index is -0.168. The van der Waals surface area contributed by atoms with Gasteiger partial charge in [0.25, 0.3) is 5.91 Å². The van der Waals surface area contributed by atoms with Gasteiger partial charge in [0.2, 0.25) is 0 Å². The van der Waals surface area contributed by atoms with Gasteiger partial charge >= 0.3 is 0 Å². The van der Waals surface area contributed by atoms with Gasteiger partial charge in [-0.3, -0.25) is 4.79 Å². The predicted octanol–water partition coefficient (Wildman–Crippen LogP) is 2.52. The molecule has 0 saturated carbocycles. The lowest BCUT2D eigenvalue weighted by molar-refractivity contribution is 0.0940. The molecule has 1 amide bonds. The van der Waals surface area contributed by atoms with Crippen LogP contribution in [0.25, 0.3) is 0 Å². The fourth-order valence-corrected chi connectivity index (χ4v) is 2.31. The third kappa shape index (κ3) is 2.51. The summed E-state index contributed by atoms with van der Waals surface area (Å²) in [6.07, 6.45) is 1.73. The smallest absolute Gasteiger partial charge is 0.253 e. The molecular weight excluding hydrogens is 246 g/mol. The van der Waals surface area contributed by atoms with Crippen LogP contribution in [0.5, 0.6) is 0 Å². The second-order valence-electron chi connectivity index (χ2n) is 4.10. The highest BCUT2D eigenvalue weighted by Gasteiger charge is 2.15. The Morgan fingerprint density at radius 2 is 2.28 bits per heavy atom. The molecule has 0 radical (unpaired) electrons. The fourth-order valence-electron chi connectivity index (χ4n) is 1.66. The van der Waals surface area contributed by atoms with E-state index in [1.54, 1.807) is 12.3 Å². The third-order valence-corrected chi connectivity index (χ3v) is 3.70. The first-order chi connectivity index (χ1) is 8.59. The largest absolute Gasteiger partial charge is 0.398 e. The summed E-state index contributed by atoms with van der Waals surface area (Å²) >= 11 is 1.52. The summed E-state index contributed by atoms with van der Waals surface area (Å²) in [4.78, 5) is 16.3. The van der Waals surface area contributed by atoms with Crippen molar-refractivity contribution in [2.24, 2.45) is 0 Å². The second-order valence-corrected chi connectivity index (χ2v) is 5.03. The van der Waals surface area contributed by atoms with Gasteiger partial charge in [0, 0.05) is 17.3 Å². The van der Waals surface area contributed by atoms with Crippen molar-refractivity contribution in [3.05, 3.63) is 45.9 Å². The maximum Gasteiger partial charge on any atom is 0.253 e. The van der Waals surface area contributed by atoms with Crippen LogP contribution in [0.1, 0.15) is 33.9 Å². The number of nitrogens with one attached hydrogen (secondary N) is 1. The molecule has 18 heavy (non-hydrogen) atoms. The number of benzene rings is 1. The van der Waals surface area contributed by atoms with Crippen LogP contribution in [-0.2, 0) is 0 Å². The Morgan fingerprint density at radius 3 is 2.94 bits per heavy atom. The summed E-state index contributed by atoms with van der Waals surface area (Å²) in [5, 5.41) is 5.67. The zero-order chi connectivity index (χ0) is 13.1. The lowest BCUT2D eigenvalue weighted by Crippen LogP contribution is -2.27. The van der Waals surface area contributed by atoms with Crippen LogP contribution in [0, 0.1) is 6.92 Å². The van der Waals surface area contributed by atoms with Crippen molar-refractivity contribution < 1.29 is 4.79 Å². The number of anilines is 1. The molecule has 0 saturated heterocycles. The van der Waals surface area contributed by atoms with E-state index in [0.29, 0.717) is 11.3 Å². The molecular formula is C13H15N3OS. The van der Waals surface area contributed by atoms with Crippen LogP contribution in [0.2, 0.25) is 0 Å². The summed E-state index contributed by atoms with van der Waals surface area (Å²) in [6.45, 7) is 3.79. The van der Waals surface area contributed by atoms with E-state index in [0.717, 1.165) is 10.6 Å². The van der Waals surface area contributed by atoms with Gasteiger partial charge in [0.1, 0.15) is 5.01 Å². The average molecular weight is 261 g/mol. The van der Waals surface area contributed by atoms with Crippen LogP contribution < -0.4 is 11.1 Å². The monoisotopic (exact) mass is 261 g/mol. The molecule has 4 nitrogen and oxygen atoms in total. The van der Waals surface area contributed by atoms with Gasteiger partial charge in [0.05, 0.1) is 11.6 Å². The SMILES string of the molecule is Cc1cccc(C(=O)NC(C)c2nccs2)c1N. The van der Waals surface area contributed by atoms with Crippen LogP contribution in [0.15, 0.2) is 29.8 Å². The van der Waals surface area contributed by atoms with E-state index in [9.17, 15) is 4.79 Å². The molecule has 0 bridgehead atoms. The van der Waals surface area contributed by atoms with Crippen molar-refractivity contribution in [3.8, 4) is 0 Å². The maximum absolute atomic E-state index is 12.1. The van der Waals surface area contributed by atoms with Crippen LogP contribution in [-0.4, -0.2) is 10.9 Å². The highest BCUT2D eigenvalue weighted by molar-refractivity contribution is 7.09. The first-order valence-electron chi connectivity index (χ1n) is 5.65. The second kappa shape index (κ2) is 5.18. The molecule has 1 heterocycles. The lowest BCUT2D eigenvalue weighted by Gasteiger charge is -2.13. The molecule has 0 aliphatic carbocycles. The molecule has 3 N–H and O–H groups in total. The molecule has 1 unspecified atom stereocenters. The fraction of sp³-hybridized carbons (Fsp3) is 0.231. The first-order valence-corrected chi connectivity index (χ1v) is 6.53. The number of para-hydroxylation sites is 1. The number of amides is 1. The number of nitrogens with zero attached hydrogens (tertiary/aromatic N) is 1. The Bertz CT molecular complexity index is 551. The van der Waals surface area contributed by atoms with Crippen LogP contribution in [0.3, 0.4) is 0 Å². The molecule has 0 fully saturated rings. The Morgan fingerprint density at radius 1 is 1.50 bits per heavy atom. The van der Waals surface area contributed by atoms with Gasteiger partial charge in [-0.05, 0) is 25.5 Å². The number of carbonyl (C=O) groups is 1. The standard InChI is InChI=1S/C13H15N3OS/c1-8-4-3-5-10(11(8)14)12(17)16-9(2)13-15-6-7-18-13/h3-7,9H,14H2,1-2H3,(H,16,17). The number of rotatable bonds is 3. The van der Waals surface area contributed by atoms with Crippen molar-refractivity contribution >= 4 is 22.9 Å². The third-order valence-electron chi connectivity index (χ3n) is 2.74. The normalized spacial score (nSPS) is 12.1. The number of nitrogens with two attached hydrogens (primary N) is 1. The molecule has 1 aromatic carbocycles. The molecule has 0 aliphatic heterocycles. The molecule has 2 rings (SSSR count). The Labute approximate surface area is 110 Å². The quantitative estimate of drug-likeness (QED) is 0.834. The topological polar surface area (TPSA) is 68.0 Å².